The molecule has 3 heterocycles. The van der Waals surface area contributed by atoms with Gasteiger partial charge in [0.05, 0.1) is 17.8 Å². The van der Waals surface area contributed by atoms with E-state index in [9.17, 15) is 0 Å². The van der Waals surface area contributed by atoms with Crippen LogP contribution in [0.3, 0.4) is 0 Å². The Kier molecular flexibility index (Phi) is 6.88. The van der Waals surface area contributed by atoms with Crippen LogP contribution >= 0.6 is 0 Å². The molecule has 1 aliphatic carbocycles. The molecule has 3 aromatic carbocycles. The number of allylic oxidation sites excluding steroid dienone is 1. The Labute approximate surface area is 249 Å². The van der Waals surface area contributed by atoms with Crippen LogP contribution in [0.15, 0.2) is 90.5 Å². The molecule has 3 atom stereocenters. The monoisotopic (exact) mass is 560 g/mol. The second-order valence-corrected chi connectivity index (χ2v) is 12.6. The fraction of sp³-hybridized carbons (Fsp3) is 0.389. The molecule has 6 heteroatoms. The molecule has 1 saturated carbocycles. The molecular weight excluding hydrogens is 520 g/mol. The third-order valence-electron chi connectivity index (χ3n) is 10.4. The number of fused-ring (bicyclic) bond motifs is 3. The van der Waals surface area contributed by atoms with Crippen molar-refractivity contribution in [3.63, 3.8) is 0 Å². The number of hydrogen-bond acceptors (Lipinski definition) is 5. The summed E-state index contributed by atoms with van der Waals surface area (Å²) in [6.07, 6.45) is 4.36. The summed E-state index contributed by atoms with van der Waals surface area (Å²) in [4.78, 5) is 39.5. The van der Waals surface area contributed by atoms with E-state index >= 15 is 9.59 Å². The summed E-state index contributed by atoms with van der Waals surface area (Å²) in [5, 5.41) is 0. The van der Waals surface area contributed by atoms with Gasteiger partial charge in [-0.25, -0.2) is 0 Å². The van der Waals surface area contributed by atoms with Crippen LogP contribution < -0.4 is 4.90 Å². The normalized spacial score (nSPS) is 29.7. The Morgan fingerprint density at radius 3 is 2.24 bits per heavy atom. The van der Waals surface area contributed by atoms with Crippen LogP contribution in [0.25, 0.3) is 6.08 Å². The number of carbonyl (C=O) groups excluding carboxylic acids is 2. The molecule has 0 radical (unpaired) electrons. The van der Waals surface area contributed by atoms with Crippen LogP contribution in [0.5, 0.6) is 0 Å². The standard InChI is InChI=1S/C36H40N4O2/c1-37-20-22-39(23-21-37)26-40-32-18-10-9-17-30(32)36(34(40)42)35(31(25-38(36)2)28-14-7-4-8-15-28)19-11-16-29(33(35)41)24-27-12-5-3-6-13-27/h3-10,12-15,17-18,24,31H,11,16,19-23,25-26H2,1-2H3/b29-24+/t31-,35+,36+/m0/s1. The first-order valence-electron chi connectivity index (χ1n) is 15.4. The molecule has 2 spiro atoms. The van der Waals surface area contributed by atoms with Gasteiger partial charge in [-0.05, 0) is 62.2 Å². The number of ketones is 1. The smallest absolute Gasteiger partial charge is 0.254 e. The summed E-state index contributed by atoms with van der Waals surface area (Å²) in [5.41, 5.74) is 2.97. The van der Waals surface area contributed by atoms with E-state index in [4.69, 9.17) is 0 Å². The third-order valence-corrected chi connectivity index (χ3v) is 10.4. The first kappa shape index (κ1) is 27.3. The molecule has 1 amide bonds. The quantitative estimate of drug-likeness (QED) is 0.421. The average molecular weight is 561 g/mol. The first-order valence-corrected chi connectivity index (χ1v) is 15.4. The summed E-state index contributed by atoms with van der Waals surface area (Å²) in [6, 6.07) is 28.9. The maximum atomic E-state index is 15.3. The minimum absolute atomic E-state index is 0.0536. The Balaban J connectivity index is 1.41. The number of benzene rings is 3. The Morgan fingerprint density at radius 2 is 1.50 bits per heavy atom. The zero-order valence-corrected chi connectivity index (χ0v) is 24.7. The lowest BCUT2D eigenvalue weighted by atomic mass is 9.53. The topological polar surface area (TPSA) is 47.1 Å². The number of likely N-dealkylation sites (tertiary alicyclic amines) is 1. The Bertz CT molecular complexity index is 1510. The number of carbonyl (C=O) groups is 2. The van der Waals surface area contributed by atoms with Gasteiger partial charge in [0.15, 0.2) is 5.78 Å². The highest BCUT2D eigenvalue weighted by molar-refractivity contribution is 6.16. The molecule has 0 unspecified atom stereocenters. The summed E-state index contributed by atoms with van der Waals surface area (Å²) < 4.78 is 0. The highest BCUT2D eigenvalue weighted by atomic mass is 16.2. The van der Waals surface area contributed by atoms with Crippen LogP contribution in [0.1, 0.15) is 41.9 Å². The molecule has 3 fully saturated rings. The average Bonchev–Trinajstić information content (AvgIpc) is 3.43. The molecule has 6 nitrogen and oxygen atoms in total. The zero-order chi connectivity index (χ0) is 28.9. The van der Waals surface area contributed by atoms with E-state index in [0.717, 1.165) is 67.0 Å². The van der Waals surface area contributed by atoms with Gasteiger partial charge in [-0.3, -0.25) is 24.3 Å². The molecule has 4 aliphatic rings. The Morgan fingerprint density at radius 1 is 0.833 bits per heavy atom. The number of Topliss-reactive ketones (excluding diaryl/α,β-unsaturated/α-hetero) is 1. The lowest BCUT2D eigenvalue weighted by Gasteiger charge is -2.49. The van der Waals surface area contributed by atoms with Crippen molar-refractivity contribution in [2.75, 3.05) is 58.4 Å². The number of amides is 1. The first-order chi connectivity index (χ1) is 20.5. The SMILES string of the molecule is CN1CCN(CN2C(=O)[C@@]3(c4ccccc42)N(C)C[C@@H](c2ccccc2)[C@@]32CCC/C(=C\c3ccccc3)C2=O)CC1. The van der Waals surface area contributed by atoms with Crippen molar-refractivity contribution in [3.05, 3.63) is 107 Å². The lowest BCUT2D eigenvalue weighted by Crippen LogP contribution is -2.62. The van der Waals surface area contributed by atoms with Gasteiger partial charge in [0.1, 0.15) is 5.54 Å². The second-order valence-electron chi connectivity index (χ2n) is 12.6. The minimum atomic E-state index is -1.07. The molecular formula is C36H40N4O2. The molecule has 7 rings (SSSR count). The van der Waals surface area contributed by atoms with Crippen LogP contribution in [-0.4, -0.2) is 79.9 Å². The number of rotatable bonds is 4. The fourth-order valence-electron chi connectivity index (χ4n) is 8.44. The molecule has 42 heavy (non-hydrogen) atoms. The van der Waals surface area contributed by atoms with Crippen molar-refractivity contribution in [2.24, 2.45) is 5.41 Å². The summed E-state index contributed by atoms with van der Waals surface area (Å²) >= 11 is 0. The molecule has 3 aromatic rings. The van der Waals surface area contributed by atoms with Gasteiger partial charge in [-0.2, -0.15) is 0 Å². The van der Waals surface area contributed by atoms with Gasteiger partial charge in [-0.15, -0.1) is 0 Å². The number of piperazine rings is 1. The van der Waals surface area contributed by atoms with Gasteiger partial charge in [-0.1, -0.05) is 78.9 Å². The van der Waals surface area contributed by atoms with Crippen LogP contribution in [0.4, 0.5) is 5.69 Å². The predicted molar refractivity (Wildman–Crippen MR) is 167 cm³/mol. The molecule has 0 aromatic heterocycles. The number of hydrogen-bond donors (Lipinski definition) is 0. The van der Waals surface area contributed by atoms with Gasteiger partial charge < -0.3 is 4.90 Å². The number of para-hydroxylation sites is 1. The van der Waals surface area contributed by atoms with E-state index in [1.165, 1.54) is 0 Å². The molecule has 0 bridgehead atoms. The minimum Gasteiger partial charge on any atom is -0.304 e. The van der Waals surface area contributed by atoms with Crippen LogP contribution in [-0.2, 0) is 15.1 Å². The fourth-order valence-corrected chi connectivity index (χ4v) is 8.44. The number of nitrogens with zero attached hydrogens (tertiary/aromatic N) is 4. The highest BCUT2D eigenvalue weighted by Gasteiger charge is 2.75. The summed E-state index contributed by atoms with van der Waals surface area (Å²) in [6.45, 7) is 5.02. The van der Waals surface area contributed by atoms with Crippen molar-refractivity contribution in [1.82, 2.24) is 14.7 Å². The zero-order valence-electron chi connectivity index (χ0n) is 24.7. The highest BCUT2D eigenvalue weighted by Crippen LogP contribution is 2.67. The van der Waals surface area contributed by atoms with E-state index in [0.29, 0.717) is 19.6 Å². The third kappa shape index (κ3) is 3.96. The van der Waals surface area contributed by atoms with E-state index in [1.54, 1.807) is 0 Å². The van der Waals surface area contributed by atoms with Crippen LogP contribution in [0, 0.1) is 5.41 Å². The van der Waals surface area contributed by atoms with E-state index in [1.807, 2.05) is 41.3 Å². The van der Waals surface area contributed by atoms with Crippen LogP contribution in [0.2, 0.25) is 0 Å². The van der Waals surface area contributed by atoms with E-state index < -0.39 is 11.0 Å². The molecule has 0 N–H and O–H groups in total. The molecule has 216 valence electrons. The predicted octanol–water partition coefficient (Wildman–Crippen LogP) is 4.99. The summed E-state index contributed by atoms with van der Waals surface area (Å²) in [7, 11) is 4.22. The maximum absolute atomic E-state index is 15.3. The van der Waals surface area contributed by atoms with Crippen molar-refractivity contribution < 1.29 is 9.59 Å². The second kappa shape index (κ2) is 10.6. The van der Waals surface area contributed by atoms with Gasteiger partial charge in [0.25, 0.3) is 5.91 Å². The van der Waals surface area contributed by atoms with E-state index in [-0.39, 0.29) is 17.6 Å². The number of anilines is 1. The number of likely N-dealkylation sites (N-methyl/N-ethyl adjacent to an activating group) is 2. The van der Waals surface area contributed by atoms with Crippen molar-refractivity contribution in [3.8, 4) is 0 Å². The van der Waals surface area contributed by atoms with E-state index in [2.05, 4.69) is 83.4 Å². The van der Waals surface area contributed by atoms with Gasteiger partial charge in [0.2, 0.25) is 0 Å². The van der Waals surface area contributed by atoms with Gasteiger partial charge >= 0.3 is 0 Å². The lowest BCUT2D eigenvalue weighted by molar-refractivity contribution is -0.146. The van der Waals surface area contributed by atoms with Crippen molar-refractivity contribution in [1.29, 1.82) is 0 Å². The summed E-state index contributed by atoms with van der Waals surface area (Å²) in [5.74, 6) is 0.0922. The maximum Gasteiger partial charge on any atom is 0.254 e. The molecule has 3 aliphatic heterocycles. The van der Waals surface area contributed by atoms with Gasteiger partial charge in [0, 0.05) is 44.2 Å². The largest absolute Gasteiger partial charge is 0.304 e. The van der Waals surface area contributed by atoms with Crippen molar-refractivity contribution in [2.45, 2.75) is 30.7 Å². The Hall–Kier alpha value is -3.58. The van der Waals surface area contributed by atoms with Crippen molar-refractivity contribution >= 4 is 23.5 Å². The molecule has 2 saturated heterocycles.